The quantitative estimate of drug-likeness (QED) is 0.552. The highest BCUT2D eigenvalue weighted by Crippen LogP contribution is 2.24. The maximum atomic E-state index is 5.91. The van der Waals surface area contributed by atoms with E-state index in [9.17, 15) is 0 Å². The summed E-state index contributed by atoms with van der Waals surface area (Å²) in [6.45, 7) is 4.49. The van der Waals surface area contributed by atoms with Crippen LogP contribution in [0, 0.1) is 0 Å². The van der Waals surface area contributed by atoms with E-state index in [0.29, 0.717) is 11.9 Å². The molecule has 19 heavy (non-hydrogen) atoms. The third-order valence-electron chi connectivity index (χ3n) is 3.31. The van der Waals surface area contributed by atoms with Gasteiger partial charge in [-0.05, 0) is 37.0 Å². The highest BCUT2D eigenvalue weighted by Gasteiger charge is 2.14. The third-order valence-corrected chi connectivity index (χ3v) is 4.43. The Balaban J connectivity index is 2.29. The van der Waals surface area contributed by atoms with Crippen LogP contribution in [0.3, 0.4) is 0 Å². The van der Waals surface area contributed by atoms with Crippen molar-refractivity contribution in [3.8, 4) is 0 Å². The molecule has 0 aliphatic rings. The van der Waals surface area contributed by atoms with E-state index < -0.39 is 0 Å². The Bertz CT molecular complexity index is 524. The highest BCUT2D eigenvalue weighted by atomic mass is 35.5. The van der Waals surface area contributed by atoms with Gasteiger partial charge in [0.15, 0.2) is 0 Å². The lowest BCUT2D eigenvalue weighted by Gasteiger charge is -2.17. The molecule has 2 aromatic rings. The van der Waals surface area contributed by atoms with Crippen molar-refractivity contribution in [3.05, 3.63) is 30.1 Å². The van der Waals surface area contributed by atoms with Crippen molar-refractivity contribution in [1.82, 2.24) is 9.55 Å². The number of imidazole rings is 1. The average Bonchev–Trinajstić information content (AvgIpc) is 2.77. The molecule has 0 aliphatic carbocycles. The first-order valence-corrected chi connectivity index (χ1v) is 8.56. The van der Waals surface area contributed by atoms with Crippen LogP contribution >= 0.6 is 23.4 Å². The molecule has 4 heteroatoms. The van der Waals surface area contributed by atoms with Gasteiger partial charge >= 0.3 is 0 Å². The van der Waals surface area contributed by atoms with Crippen LogP contribution in [0.5, 0.6) is 0 Å². The Kier molecular flexibility index (Phi) is 5.59. The molecule has 1 heterocycles. The van der Waals surface area contributed by atoms with E-state index >= 15 is 0 Å². The zero-order valence-electron chi connectivity index (χ0n) is 11.6. The number of rotatable bonds is 7. The van der Waals surface area contributed by atoms with Crippen LogP contribution in [-0.2, 0) is 6.42 Å². The zero-order valence-corrected chi connectivity index (χ0v) is 13.2. The topological polar surface area (TPSA) is 17.8 Å². The first kappa shape index (κ1) is 14.7. The smallest absolute Gasteiger partial charge is 0.111 e. The summed E-state index contributed by atoms with van der Waals surface area (Å²) in [7, 11) is 0. The van der Waals surface area contributed by atoms with E-state index in [1.54, 1.807) is 0 Å². The van der Waals surface area contributed by atoms with Gasteiger partial charge in [-0.1, -0.05) is 19.1 Å². The predicted molar refractivity (Wildman–Crippen MR) is 86.5 cm³/mol. The van der Waals surface area contributed by atoms with Gasteiger partial charge in [-0.25, -0.2) is 4.98 Å². The Morgan fingerprint density at radius 3 is 2.89 bits per heavy atom. The summed E-state index contributed by atoms with van der Waals surface area (Å²) in [5, 5.41) is 0. The number of halogens is 1. The van der Waals surface area contributed by atoms with Gasteiger partial charge in [0.05, 0.1) is 11.0 Å². The van der Waals surface area contributed by atoms with Gasteiger partial charge in [-0.3, -0.25) is 0 Å². The molecule has 2 rings (SSSR count). The van der Waals surface area contributed by atoms with Gasteiger partial charge in [0.25, 0.3) is 0 Å². The van der Waals surface area contributed by atoms with Crippen molar-refractivity contribution in [2.24, 2.45) is 0 Å². The van der Waals surface area contributed by atoms with Crippen LogP contribution in [-0.4, -0.2) is 26.9 Å². The molecule has 1 aromatic carbocycles. The molecule has 2 nitrogen and oxygen atoms in total. The van der Waals surface area contributed by atoms with Crippen LogP contribution in [0.15, 0.2) is 24.3 Å². The standard InChI is InChI=1S/C15H21ClN2S/c1-3-19-11-9-12(2)18-14-7-5-4-6-13(14)17-15(18)8-10-16/h4-7,12H,3,8-11H2,1-2H3. The Labute approximate surface area is 124 Å². The van der Waals surface area contributed by atoms with Crippen LogP contribution in [0.4, 0.5) is 0 Å². The van der Waals surface area contributed by atoms with Crippen molar-refractivity contribution in [2.75, 3.05) is 17.4 Å². The minimum absolute atomic E-state index is 0.477. The maximum absolute atomic E-state index is 5.91. The van der Waals surface area contributed by atoms with Gasteiger partial charge in [-0.2, -0.15) is 11.8 Å². The van der Waals surface area contributed by atoms with E-state index in [-0.39, 0.29) is 0 Å². The number of thioether (sulfide) groups is 1. The van der Waals surface area contributed by atoms with E-state index in [1.165, 1.54) is 23.4 Å². The first-order valence-electron chi connectivity index (χ1n) is 6.87. The molecular weight excluding hydrogens is 276 g/mol. The van der Waals surface area contributed by atoms with Gasteiger partial charge in [0.2, 0.25) is 0 Å². The van der Waals surface area contributed by atoms with Crippen molar-refractivity contribution < 1.29 is 0 Å². The largest absolute Gasteiger partial charge is 0.325 e. The SMILES string of the molecule is CCSCCC(C)n1c(CCCl)nc2ccccc21. The molecule has 0 bridgehead atoms. The molecule has 1 aromatic heterocycles. The molecule has 0 fully saturated rings. The minimum Gasteiger partial charge on any atom is -0.325 e. The molecule has 0 amide bonds. The average molecular weight is 297 g/mol. The van der Waals surface area contributed by atoms with Crippen LogP contribution in [0.2, 0.25) is 0 Å². The Morgan fingerprint density at radius 1 is 1.37 bits per heavy atom. The number of fused-ring (bicyclic) bond motifs is 1. The lowest BCUT2D eigenvalue weighted by atomic mass is 10.2. The molecule has 0 N–H and O–H groups in total. The van der Waals surface area contributed by atoms with Crippen LogP contribution < -0.4 is 0 Å². The number of alkyl halides is 1. The van der Waals surface area contributed by atoms with Gasteiger partial charge in [-0.15, -0.1) is 11.6 Å². The number of aryl methyl sites for hydroxylation is 1. The summed E-state index contributed by atoms with van der Waals surface area (Å²) in [6, 6.07) is 8.84. The zero-order chi connectivity index (χ0) is 13.7. The number of nitrogens with zero attached hydrogens (tertiary/aromatic N) is 2. The van der Waals surface area contributed by atoms with E-state index in [4.69, 9.17) is 16.6 Å². The number of benzene rings is 1. The lowest BCUT2D eigenvalue weighted by Crippen LogP contribution is -2.11. The van der Waals surface area contributed by atoms with E-state index in [1.807, 2.05) is 17.8 Å². The first-order chi connectivity index (χ1) is 9.27. The van der Waals surface area contributed by atoms with Crippen LogP contribution in [0.1, 0.15) is 32.1 Å². The molecular formula is C15H21ClN2S. The monoisotopic (exact) mass is 296 g/mol. The second kappa shape index (κ2) is 7.20. The van der Waals surface area contributed by atoms with Gasteiger partial charge in [0.1, 0.15) is 5.82 Å². The lowest BCUT2D eigenvalue weighted by molar-refractivity contribution is 0.528. The molecule has 0 radical (unpaired) electrons. The maximum Gasteiger partial charge on any atom is 0.111 e. The number of para-hydroxylation sites is 2. The van der Waals surface area contributed by atoms with Gasteiger partial charge in [0, 0.05) is 18.3 Å². The minimum atomic E-state index is 0.477. The normalized spacial score (nSPS) is 13.0. The number of hydrogen-bond acceptors (Lipinski definition) is 2. The molecule has 104 valence electrons. The fourth-order valence-electron chi connectivity index (χ4n) is 2.37. The molecule has 0 saturated carbocycles. The van der Waals surface area contributed by atoms with Crippen LogP contribution in [0.25, 0.3) is 11.0 Å². The fraction of sp³-hybridized carbons (Fsp3) is 0.533. The summed E-state index contributed by atoms with van der Waals surface area (Å²) >= 11 is 7.91. The Morgan fingerprint density at radius 2 is 2.16 bits per heavy atom. The molecule has 0 spiro atoms. The summed E-state index contributed by atoms with van der Waals surface area (Å²) in [5.41, 5.74) is 2.31. The van der Waals surface area contributed by atoms with Crippen molar-refractivity contribution >= 4 is 34.4 Å². The van der Waals surface area contributed by atoms with Crippen molar-refractivity contribution in [2.45, 2.75) is 32.7 Å². The Hall–Kier alpha value is -0.670. The van der Waals surface area contributed by atoms with Crippen molar-refractivity contribution in [1.29, 1.82) is 0 Å². The van der Waals surface area contributed by atoms with Crippen molar-refractivity contribution in [3.63, 3.8) is 0 Å². The molecule has 1 atom stereocenters. The fourth-order valence-corrected chi connectivity index (χ4v) is 3.34. The number of hydrogen-bond donors (Lipinski definition) is 0. The summed E-state index contributed by atoms with van der Waals surface area (Å²) in [6.07, 6.45) is 2.01. The van der Waals surface area contributed by atoms with E-state index in [2.05, 4.69) is 36.6 Å². The third kappa shape index (κ3) is 3.46. The summed E-state index contributed by atoms with van der Waals surface area (Å²) < 4.78 is 2.37. The number of aromatic nitrogens is 2. The van der Waals surface area contributed by atoms with Gasteiger partial charge < -0.3 is 4.57 Å². The second-order valence-corrected chi connectivity index (χ2v) is 6.43. The molecule has 0 aliphatic heterocycles. The summed E-state index contributed by atoms with van der Waals surface area (Å²) in [5.74, 6) is 4.13. The summed E-state index contributed by atoms with van der Waals surface area (Å²) in [4.78, 5) is 4.72. The second-order valence-electron chi connectivity index (χ2n) is 4.66. The molecule has 0 saturated heterocycles. The molecule has 1 unspecified atom stereocenters. The van der Waals surface area contributed by atoms with E-state index in [0.717, 1.165) is 17.8 Å². The highest BCUT2D eigenvalue weighted by molar-refractivity contribution is 7.99. The predicted octanol–water partition coefficient (Wildman–Crippen LogP) is 4.52.